The second kappa shape index (κ2) is 9.78. The van der Waals surface area contributed by atoms with Gasteiger partial charge in [0.15, 0.2) is 5.58 Å². The minimum absolute atomic E-state index is 0.253. The number of benzene rings is 2. The Morgan fingerprint density at radius 3 is 2.59 bits per heavy atom. The number of para-hydroxylation sites is 2. The molecule has 1 aromatic heterocycles. The Hall–Kier alpha value is -3.28. The van der Waals surface area contributed by atoms with Crippen molar-refractivity contribution in [3.63, 3.8) is 0 Å². The Morgan fingerprint density at radius 1 is 1.10 bits per heavy atom. The summed E-state index contributed by atoms with van der Waals surface area (Å²) in [5.74, 6) is 0.367. The molecule has 0 radical (unpaired) electrons. The van der Waals surface area contributed by atoms with Crippen LogP contribution in [0.5, 0.6) is 11.5 Å². The van der Waals surface area contributed by atoms with Gasteiger partial charge in [-0.15, -0.1) is 0 Å². The molecule has 0 aliphatic heterocycles. The standard InChI is InChI=1S/C23H25NO5/c1-3-11-27-18-10-9-16(21(15-18)28-12-4-2)13-17(14-22(25)26)23-24-19-7-5-6-8-20(19)29-23/h5-10,13,15H,3-4,11-12,14H2,1-2H3,(H,25,26)/p-1/b17-13+. The van der Waals surface area contributed by atoms with Crippen LogP contribution in [-0.2, 0) is 4.79 Å². The zero-order chi connectivity index (χ0) is 20.6. The molecule has 0 aliphatic rings. The zero-order valence-electron chi connectivity index (χ0n) is 16.6. The highest BCUT2D eigenvalue weighted by molar-refractivity contribution is 5.91. The predicted molar refractivity (Wildman–Crippen MR) is 110 cm³/mol. The van der Waals surface area contributed by atoms with E-state index in [9.17, 15) is 9.90 Å². The van der Waals surface area contributed by atoms with Gasteiger partial charge in [0.05, 0.1) is 13.2 Å². The zero-order valence-corrected chi connectivity index (χ0v) is 16.6. The first kappa shape index (κ1) is 20.5. The molecule has 2 aromatic carbocycles. The summed E-state index contributed by atoms with van der Waals surface area (Å²) in [6, 6.07) is 12.8. The summed E-state index contributed by atoms with van der Waals surface area (Å²) < 4.78 is 17.3. The molecule has 0 saturated heterocycles. The third kappa shape index (κ3) is 5.38. The van der Waals surface area contributed by atoms with Gasteiger partial charge < -0.3 is 23.8 Å². The predicted octanol–water partition coefficient (Wildman–Crippen LogP) is 4.09. The number of nitrogens with zero attached hydrogens (tertiary/aromatic N) is 1. The van der Waals surface area contributed by atoms with Crippen LogP contribution in [0.3, 0.4) is 0 Å². The van der Waals surface area contributed by atoms with Crippen LogP contribution < -0.4 is 14.6 Å². The molecule has 0 unspecified atom stereocenters. The molecule has 29 heavy (non-hydrogen) atoms. The lowest BCUT2D eigenvalue weighted by Crippen LogP contribution is -2.22. The molecule has 6 nitrogen and oxygen atoms in total. The SMILES string of the molecule is CCCOc1ccc(/C=C(\CC(=O)[O-])c2nc3ccccc3o2)c(OCCC)c1. The summed E-state index contributed by atoms with van der Waals surface area (Å²) in [6.45, 7) is 5.21. The first-order valence-corrected chi connectivity index (χ1v) is 9.76. The minimum Gasteiger partial charge on any atom is -0.550 e. The van der Waals surface area contributed by atoms with Crippen molar-refractivity contribution in [2.45, 2.75) is 33.1 Å². The molecular formula is C23H24NO5-. The van der Waals surface area contributed by atoms with Crippen molar-refractivity contribution in [2.75, 3.05) is 13.2 Å². The molecule has 3 aromatic rings. The van der Waals surface area contributed by atoms with E-state index >= 15 is 0 Å². The van der Waals surface area contributed by atoms with Gasteiger partial charge in [-0.1, -0.05) is 26.0 Å². The van der Waals surface area contributed by atoms with Crippen LogP contribution in [0.1, 0.15) is 44.6 Å². The number of aromatic nitrogens is 1. The van der Waals surface area contributed by atoms with Crippen molar-refractivity contribution in [3.05, 3.63) is 53.9 Å². The van der Waals surface area contributed by atoms with Gasteiger partial charge in [-0.25, -0.2) is 4.98 Å². The van der Waals surface area contributed by atoms with Gasteiger partial charge >= 0.3 is 0 Å². The molecule has 0 saturated carbocycles. The van der Waals surface area contributed by atoms with Crippen molar-refractivity contribution < 1.29 is 23.8 Å². The molecular weight excluding hydrogens is 370 g/mol. The lowest BCUT2D eigenvalue weighted by molar-refractivity contribution is -0.304. The Balaban J connectivity index is 2.02. The van der Waals surface area contributed by atoms with Crippen LogP contribution in [0.25, 0.3) is 22.7 Å². The number of carbonyl (C=O) groups is 1. The fraction of sp³-hybridized carbons (Fsp3) is 0.304. The van der Waals surface area contributed by atoms with Gasteiger partial charge in [0.2, 0.25) is 5.89 Å². The normalized spacial score (nSPS) is 11.6. The fourth-order valence-corrected chi connectivity index (χ4v) is 2.82. The van der Waals surface area contributed by atoms with Crippen LogP contribution in [-0.4, -0.2) is 24.2 Å². The van der Waals surface area contributed by atoms with Gasteiger partial charge in [-0.3, -0.25) is 0 Å². The number of hydrogen-bond donors (Lipinski definition) is 0. The molecule has 0 bridgehead atoms. The number of aliphatic carboxylic acids is 1. The summed E-state index contributed by atoms with van der Waals surface area (Å²) in [7, 11) is 0. The third-order valence-corrected chi connectivity index (χ3v) is 4.15. The highest BCUT2D eigenvalue weighted by Crippen LogP contribution is 2.31. The Labute approximate surface area is 169 Å². The molecule has 0 fully saturated rings. The van der Waals surface area contributed by atoms with E-state index in [1.54, 1.807) is 12.1 Å². The van der Waals surface area contributed by atoms with E-state index in [1.807, 2.05) is 50.2 Å². The lowest BCUT2D eigenvalue weighted by atomic mass is 10.1. The van der Waals surface area contributed by atoms with Gasteiger partial charge in [-0.05, 0) is 43.2 Å². The quantitative estimate of drug-likeness (QED) is 0.515. The van der Waals surface area contributed by atoms with Crippen LogP contribution in [0.15, 0.2) is 46.9 Å². The Morgan fingerprint density at radius 2 is 1.86 bits per heavy atom. The summed E-state index contributed by atoms with van der Waals surface area (Å²) in [5.41, 5.74) is 2.39. The number of fused-ring (bicyclic) bond motifs is 1. The fourth-order valence-electron chi connectivity index (χ4n) is 2.82. The maximum atomic E-state index is 11.3. The molecule has 0 amide bonds. The van der Waals surface area contributed by atoms with Crippen LogP contribution in [0, 0.1) is 0 Å². The summed E-state index contributed by atoms with van der Waals surface area (Å²) in [5, 5.41) is 11.3. The van der Waals surface area contributed by atoms with E-state index in [0.29, 0.717) is 41.4 Å². The second-order valence-electron chi connectivity index (χ2n) is 6.60. The number of carboxylic acids is 1. The van der Waals surface area contributed by atoms with Crippen molar-refractivity contribution in [1.29, 1.82) is 0 Å². The summed E-state index contributed by atoms with van der Waals surface area (Å²) in [6.07, 6.45) is 3.14. The van der Waals surface area contributed by atoms with Gasteiger partial charge in [0.1, 0.15) is 17.0 Å². The average Bonchev–Trinajstić information content (AvgIpc) is 3.15. The molecule has 152 valence electrons. The number of rotatable bonds is 10. The molecule has 6 heteroatoms. The van der Waals surface area contributed by atoms with Gasteiger partial charge in [0.25, 0.3) is 0 Å². The number of hydrogen-bond acceptors (Lipinski definition) is 6. The molecule has 0 atom stereocenters. The van der Waals surface area contributed by atoms with E-state index in [0.717, 1.165) is 18.4 Å². The highest BCUT2D eigenvalue weighted by atomic mass is 16.5. The van der Waals surface area contributed by atoms with Crippen LogP contribution in [0.2, 0.25) is 0 Å². The molecule has 3 rings (SSSR count). The number of oxazole rings is 1. The number of carbonyl (C=O) groups excluding carboxylic acids is 1. The van der Waals surface area contributed by atoms with E-state index in [-0.39, 0.29) is 12.3 Å². The van der Waals surface area contributed by atoms with Crippen molar-refractivity contribution in [2.24, 2.45) is 0 Å². The monoisotopic (exact) mass is 394 g/mol. The van der Waals surface area contributed by atoms with Crippen molar-refractivity contribution in [1.82, 2.24) is 4.98 Å². The third-order valence-electron chi connectivity index (χ3n) is 4.15. The summed E-state index contributed by atoms with van der Waals surface area (Å²) >= 11 is 0. The van der Waals surface area contributed by atoms with E-state index in [2.05, 4.69) is 4.98 Å². The van der Waals surface area contributed by atoms with Crippen molar-refractivity contribution in [3.8, 4) is 11.5 Å². The summed E-state index contributed by atoms with van der Waals surface area (Å²) in [4.78, 5) is 15.8. The Kier molecular flexibility index (Phi) is 6.89. The highest BCUT2D eigenvalue weighted by Gasteiger charge is 2.13. The molecule has 0 spiro atoms. The lowest BCUT2D eigenvalue weighted by Gasteiger charge is -2.13. The van der Waals surface area contributed by atoms with E-state index in [4.69, 9.17) is 13.9 Å². The maximum absolute atomic E-state index is 11.3. The smallest absolute Gasteiger partial charge is 0.223 e. The van der Waals surface area contributed by atoms with Gasteiger partial charge in [0, 0.05) is 29.6 Å². The van der Waals surface area contributed by atoms with Gasteiger partial charge in [-0.2, -0.15) is 0 Å². The van der Waals surface area contributed by atoms with E-state index < -0.39 is 5.97 Å². The molecule has 1 heterocycles. The minimum atomic E-state index is -1.21. The van der Waals surface area contributed by atoms with Crippen LogP contribution >= 0.6 is 0 Å². The second-order valence-corrected chi connectivity index (χ2v) is 6.60. The van der Waals surface area contributed by atoms with Crippen molar-refractivity contribution >= 4 is 28.7 Å². The average molecular weight is 394 g/mol. The molecule has 0 aliphatic carbocycles. The first-order chi connectivity index (χ1) is 14.1. The number of ether oxygens (including phenoxy) is 2. The molecule has 0 N–H and O–H groups in total. The van der Waals surface area contributed by atoms with Crippen LogP contribution in [0.4, 0.5) is 0 Å². The number of carboxylic acid groups (broad SMARTS) is 1. The van der Waals surface area contributed by atoms with E-state index in [1.165, 1.54) is 0 Å². The topological polar surface area (TPSA) is 84.6 Å². The Bertz CT molecular complexity index is 972. The maximum Gasteiger partial charge on any atom is 0.223 e. The largest absolute Gasteiger partial charge is 0.550 e. The first-order valence-electron chi connectivity index (χ1n) is 9.76.